The van der Waals surface area contributed by atoms with E-state index in [2.05, 4.69) is 15.6 Å². The van der Waals surface area contributed by atoms with Gasteiger partial charge in [-0.3, -0.25) is 14.6 Å². The third-order valence-electron chi connectivity index (χ3n) is 4.54. The highest BCUT2D eigenvalue weighted by Crippen LogP contribution is 2.07. The fourth-order valence-electron chi connectivity index (χ4n) is 2.99. The summed E-state index contributed by atoms with van der Waals surface area (Å²) in [7, 11) is 0. The van der Waals surface area contributed by atoms with Crippen molar-refractivity contribution in [3.05, 3.63) is 35.9 Å². The average molecular weight is 435 g/mol. The van der Waals surface area contributed by atoms with Crippen molar-refractivity contribution < 1.29 is 19.5 Å². The van der Waals surface area contributed by atoms with Gasteiger partial charge in [-0.25, -0.2) is 4.79 Å². The molecule has 1 aromatic rings. The maximum absolute atomic E-state index is 12.8. The number of rotatable bonds is 13. The number of benzene rings is 1. The van der Waals surface area contributed by atoms with E-state index in [1.807, 2.05) is 19.9 Å². The molecule has 0 radical (unpaired) electrons. The van der Waals surface area contributed by atoms with E-state index in [0.29, 0.717) is 12.8 Å². The Morgan fingerprint density at radius 3 is 2.19 bits per heavy atom. The first-order chi connectivity index (χ1) is 14.6. The van der Waals surface area contributed by atoms with Gasteiger partial charge in [0.05, 0.1) is 6.04 Å². The van der Waals surface area contributed by atoms with Crippen LogP contribution < -0.4 is 27.8 Å². The molecule has 0 aliphatic carbocycles. The monoisotopic (exact) mass is 434 g/mol. The van der Waals surface area contributed by atoms with Crippen LogP contribution in [0.4, 0.5) is 0 Å². The zero-order valence-electron chi connectivity index (χ0n) is 18.1. The fourth-order valence-corrected chi connectivity index (χ4v) is 2.99. The maximum atomic E-state index is 12.8. The summed E-state index contributed by atoms with van der Waals surface area (Å²) in [5.74, 6) is -2.10. The molecule has 0 saturated heterocycles. The molecule has 1 rings (SSSR count). The molecule has 0 aliphatic heterocycles. The van der Waals surface area contributed by atoms with Gasteiger partial charge in [0.25, 0.3) is 0 Å². The minimum absolute atomic E-state index is 0.0715. The van der Waals surface area contributed by atoms with Gasteiger partial charge in [0.2, 0.25) is 11.8 Å². The van der Waals surface area contributed by atoms with Crippen LogP contribution in [0.15, 0.2) is 35.3 Å². The van der Waals surface area contributed by atoms with E-state index < -0.39 is 35.9 Å². The van der Waals surface area contributed by atoms with Crippen molar-refractivity contribution in [2.24, 2.45) is 28.1 Å². The second-order valence-electron chi connectivity index (χ2n) is 7.84. The third kappa shape index (κ3) is 10.4. The molecule has 3 atom stereocenters. The van der Waals surface area contributed by atoms with E-state index in [9.17, 15) is 19.5 Å². The second kappa shape index (κ2) is 13.2. The zero-order valence-corrected chi connectivity index (χ0v) is 18.1. The van der Waals surface area contributed by atoms with Crippen molar-refractivity contribution in [1.29, 1.82) is 0 Å². The predicted molar refractivity (Wildman–Crippen MR) is 119 cm³/mol. The molecule has 0 aliphatic rings. The zero-order chi connectivity index (χ0) is 23.4. The third-order valence-corrected chi connectivity index (χ3v) is 4.54. The summed E-state index contributed by atoms with van der Waals surface area (Å²) in [6.07, 6.45) is 1.20. The molecular formula is C21H34N6O4. The van der Waals surface area contributed by atoms with Crippen LogP contribution in [0.2, 0.25) is 0 Å². The quantitative estimate of drug-likeness (QED) is 0.140. The van der Waals surface area contributed by atoms with Gasteiger partial charge in [-0.2, -0.15) is 0 Å². The van der Waals surface area contributed by atoms with Crippen LogP contribution >= 0.6 is 0 Å². The molecule has 31 heavy (non-hydrogen) atoms. The first kappa shape index (κ1) is 25.9. The number of amides is 2. The number of hydrogen-bond acceptors (Lipinski definition) is 5. The molecule has 0 bridgehead atoms. The Kier molecular flexibility index (Phi) is 11.0. The van der Waals surface area contributed by atoms with Gasteiger partial charge in [-0.1, -0.05) is 44.2 Å². The van der Waals surface area contributed by atoms with Crippen LogP contribution in [0.1, 0.15) is 38.7 Å². The Bertz CT molecular complexity index is 749. The van der Waals surface area contributed by atoms with Crippen molar-refractivity contribution in [3.8, 4) is 0 Å². The molecule has 0 heterocycles. The summed E-state index contributed by atoms with van der Waals surface area (Å²) in [5.41, 5.74) is 17.3. The van der Waals surface area contributed by atoms with Crippen molar-refractivity contribution in [2.45, 2.75) is 57.7 Å². The minimum Gasteiger partial charge on any atom is -0.480 e. The lowest BCUT2D eigenvalue weighted by molar-refractivity contribution is -0.142. The second-order valence-corrected chi connectivity index (χ2v) is 7.84. The van der Waals surface area contributed by atoms with Crippen LogP contribution in [0.3, 0.4) is 0 Å². The van der Waals surface area contributed by atoms with Gasteiger partial charge in [0, 0.05) is 13.0 Å². The van der Waals surface area contributed by atoms with E-state index >= 15 is 0 Å². The van der Waals surface area contributed by atoms with Crippen molar-refractivity contribution in [3.63, 3.8) is 0 Å². The number of nitrogens with one attached hydrogen (secondary N) is 2. The summed E-state index contributed by atoms with van der Waals surface area (Å²) in [4.78, 5) is 40.8. The lowest BCUT2D eigenvalue weighted by Gasteiger charge is -2.23. The Labute approximate surface area is 182 Å². The van der Waals surface area contributed by atoms with Crippen LogP contribution in [-0.4, -0.2) is 53.5 Å². The molecule has 10 nitrogen and oxygen atoms in total. The normalized spacial score (nSPS) is 13.7. The van der Waals surface area contributed by atoms with E-state index in [1.165, 1.54) is 0 Å². The molecule has 3 unspecified atom stereocenters. The standard InChI is InChI=1S/C21H34N6O4/c1-13(2)11-15(22)18(28)26-16(9-6-10-25-21(23)24)19(29)27-17(20(30)31)12-14-7-4-3-5-8-14/h3-5,7-8,13,15-17H,6,9-12,22H2,1-2H3,(H,26,28)(H,27,29)(H,30,31)(H4,23,24,25). The van der Waals surface area contributed by atoms with Crippen molar-refractivity contribution in [1.82, 2.24) is 10.6 Å². The van der Waals surface area contributed by atoms with Gasteiger partial charge < -0.3 is 32.9 Å². The summed E-state index contributed by atoms with van der Waals surface area (Å²) >= 11 is 0. The van der Waals surface area contributed by atoms with Gasteiger partial charge in [-0.15, -0.1) is 0 Å². The highest BCUT2D eigenvalue weighted by molar-refractivity contribution is 5.91. The van der Waals surface area contributed by atoms with E-state index in [4.69, 9.17) is 17.2 Å². The van der Waals surface area contributed by atoms with E-state index in [1.54, 1.807) is 24.3 Å². The molecular weight excluding hydrogens is 400 g/mol. The molecule has 9 N–H and O–H groups in total. The number of aliphatic imine (C=N–C) groups is 1. The van der Waals surface area contributed by atoms with Gasteiger partial charge in [-0.05, 0) is 30.7 Å². The first-order valence-corrected chi connectivity index (χ1v) is 10.3. The molecule has 2 amide bonds. The summed E-state index contributed by atoms with van der Waals surface area (Å²) in [5, 5.41) is 14.7. The Morgan fingerprint density at radius 1 is 1.03 bits per heavy atom. The fraction of sp³-hybridized carbons (Fsp3) is 0.524. The summed E-state index contributed by atoms with van der Waals surface area (Å²) < 4.78 is 0. The molecule has 0 fully saturated rings. The molecule has 0 aromatic heterocycles. The number of carbonyl (C=O) groups is 3. The van der Waals surface area contributed by atoms with Crippen molar-refractivity contribution in [2.75, 3.05) is 6.54 Å². The van der Waals surface area contributed by atoms with E-state index in [-0.39, 0.29) is 31.3 Å². The predicted octanol–water partition coefficient (Wildman–Crippen LogP) is -0.290. The largest absolute Gasteiger partial charge is 0.480 e. The molecule has 172 valence electrons. The number of carbonyl (C=O) groups excluding carboxylic acids is 2. The highest BCUT2D eigenvalue weighted by Gasteiger charge is 2.28. The van der Waals surface area contributed by atoms with Crippen molar-refractivity contribution >= 4 is 23.7 Å². The first-order valence-electron chi connectivity index (χ1n) is 10.3. The average Bonchev–Trinajstić information content (AvgIpc) is 2.69. The van der Waals surface area contributed by atoms with E-state index in [0.717, 1.165) is 5.56 Å². The van der Waals surface area contributed by atoms with Crippen LogP contribution in [0.25, 0.3) is 0 Å². The summed E-state index contributed by atoms with van der Waals surface area (Å²) in [6.45, 7) is 4.15. The minimum atomic E-state index is -1.17. The lowest BCUT2D eigenvalue weighted by Crippen LogP contribution is -2.55. The molecule has 1 aromatic carbocycles. The van der Waals surface area contributed by atoms with Crippen LogP contribution in [0.5, 0.6) is 0 Å². The number of carboxylic acids is 1. The molecule has 0 saturated carbocycles. The van der Waals surface area contributed by atoms with Crippen LogP contribution in [-0.2, 0) is 20.8 Å². The molecule has 10 heteroatoms. The van der Waals surface area contributed by atoms with Crippen LogP contribution in [0, 0.1) is 5.92 Å². The molecule has 0 spiro atoms. The highest BCUT2D eigenvalue weighted by atomic mass is 16.4. The number of aliphatic carboxylic acids is 1. The lowest BCUT2D eigenvalue weighted by atomic mass is 10.0. The smallest absolute Gasteiger partial charge is 0.326 e. The van der Waals surface area contributed by atoms with Gasteiger partial charge >= 0.3 is 5.97 Å². The van der Waals surface area contributed by atoms with Gasteiger partial charge in [0.15, 0.2) is 5.96 Å². The maximum Gasteiger partial charge on any atom is 0.326 e. The van der Waals surface area contributed by atoms with Gasteiger partial charge in [0.1, 0.15) is 12.1 Å². The Hall–Kier alpha value is -3.14. The SMILES string of the molecule is CC(C)CC(N)C(=O)NC(CCCN=C(N)N)C(=O)NC(Cc1ccccc1)C(=O)O. The number of nitrogens with two attached hydrogens (primary N) is 3. The number of carboxylic acid groups (broad SMARTS) is 1. The number of hydrogen-bond donors (Lipinski definition) is 6. The number of guanidine groups is 1. The topological polar surface area (TPSA) is 186 Å². The Morgan fingerprint density at radius 2 is 1.65 bits per heavy atom. The summed E-state index contributed by atoms with van der Waals surface area (Å²) in [6, 6.07) is 6.09. The Balaban J connectivity index is 2.86. The number of nitrogens with zero attached hydrogens (tertiary/aromatic N) is 1.